The largest absolute Gasteiger partial charge is 0.508 e. The number of benzene rings is 4. The summed E-state index contributed by atoms with van der Waals surface area (Å²) < 4.78 is 15.3. The zero-order chi connectivity index (χ0) is 51.7. The number of halogens is 1. The van der Waals surface area contributed by atoms with Gasteiger partial charge < -0.3 is 9.84 Å². The van der Waals surface area contributed by atoms with Gasteiger partial charge in [-0.25, -0.2) is 29.0 Å². The fraction of sp³-hybridized carbons (Fsp3) is 0.0781. The number of ether oxygens (including phenoxy) is 1. The summed E-state index contributed by atoms with van der Waals surface area (Å²) in [5, 5.41) is 25.6. The molecule has 4 aromatic carbocycles. The molecule has 0 saturated carbocycles. The molecule has 1 N–H and O–H groups in total. The molecule has 16 rings (SSSR count). The van der Waals surface area contributed by atoms with Crippen LogP contribution in [0.4, 0.5) is 5.69 Å². The normalized spacial score (nSPS) is 13.3. The Bertz CT molecular complexity index is 4890. The van der Waals surface area contributed by atoms with Crippen LogP contribution in [-0.2, 0) is 0 Å². The van der Waals surface area contributed by atoms with Crippen molar-refractivity contribution < 1.29 is 9.84 Å². The molecule has 0 radical (unpaired) electrons. The minimum atomic E-state index is -0.0920. The third-order valence-corrected chi connectivity index (χ3v) is 14.3. The number of fused-ring (bicyclic) bond motifs is 17. The number of phenolic OH excluding ortho intramolecular Hbond substituents is 1. The van der Waals surface area contributed by atoms with E-state index in [1.165, 1.54) is 16.2 Å². The highest BCUT2D eigenvalue weighted by Crippen LogP contribution is 2.34. The van der Waals surface area contributed by atoms with E-state index in [1.54, 1.807) is 30.7 Å². The lowest BCUT2D eigenvalue weighted by Gasteiger charge is -2.12. The molecular formula is C64H50BrN12O2+. The summed E-state index contributed by atoms with van der Waals surface area (Å²) in [7, 11) is 0. The molecule has 14 aromatic rings. The summed E-state index contributed by atoms with van der Waals surface area (Å²) in [6, 6.07) is 55.9. The van der Waals surface area contributed by atoms with E-state index < -0.39 is 0 Å². The number of hydrogen-bond acceptors (Lipinski definition) is 10. The van der Waals surface area contributed by atoms with Crippen molar-refractivity contribution in [3.63, 3.8) is 0 Å². The van der Waals surface area contributed by atoms with Crippen LogP contribution in [0.1, 0.15) is 26.2 Å². The number of aliphatic imine (C=N–C) groups is 1. The number of pyridine rings is 7. The van der Waals surface area contributed by atoms with Crippen LogP contribution >= 0.6 is 15.9 Å². The predicted octanol–water partition coefficient (Wildman–Crippen LogP) is 13.1. The van der Waals surface area contributed by atoms with Crippen LogP contribution in [0, 0.1) is 13.8 Å². The molecule has 0 fully saturated rings. The summed E-state index contributed by atoms with van der Waals surface area (Å²) in [5.74, 6) is 1.47. The van der Waals surface area contributed by atoms with Gasteiger partial charge in [0.05, 0.1) is 78.1 Å². The van der Waals surface area contributed by atoms with Gasteiger partial charge in [0, 0.05) is 70.6 Å². The molecule has 10 aromatic heterocycles. The first-order valence-corrected chi connectivity index (χ1v) is 25.7. The molecule has 1 unspecified atom stereocenters. The average molecular weight is 1100 g/mol. The molecule has 14 nitrogen and oxygen atoms in total. The summed E-state index contributed by atoms with van der Waals surface area (Å²) in [6.07, 6.45) is 11.3. The maximum Gasteiger partial charge on any atom is 0.279 e. The van der Waals surface area contributed by atoms with E-state index >= 15 is 0 Å². The first-order chi connectivity index (χ1) is 37.8. The smallest absolute Gasteiger partial charge is 0.279 e. The van der Waals surface area contributed by atoms with Gasteiger partial charge in [0.15, 0.2) is 0 Å². The van der Waals surface area contributed by atoms with Crippen molar-refractivity contribution in [2.24, 2.45) is 4.99 Å². The predicted molar refractivity (Wildman–Crippen MR) is 320 cm³/mol. The van der Waals surface area contributed by atoms with Gasteiger partial charge in [-0.2, -0.15) is 14.8 Å². The number of dihydropyridines is 1. The van der Waals surface area contributed by atoms with Gasteiger partial charge in [0.25, 0.3) is 6.17 Å². The second-order valence-corrected chi connectivity index (χ2v) is 19.5. The maximum atomic E-state index is 9.72. The van der Waals surface area contributed by atoms with Crippen molar-refractivity contribution in [2.75, 3.05) is 0 Å². The second kappa shape index (κ2) is 20.2. The zero-order valence-electron chi connectivity index (χ0n) is 41.3. The Morgan fingerprint density at radius 1 is 0.557 bits per heavy atom. The molecule has 0 bridgehead atoms. The number of phenols is 1. The quantitative estimate of drug-likeness (QED) is 0.103. The van der Waals surface area contributed by atoms with Crippen LogP contribution < -0.4 is 19.9 Å². The van der Waals surface area contributed by atoms with Crippen LogP contribution in [0.5, 0.6) is 17.4 Å². The number of allylic oxidation sites excluding steroid dienone is 1. The van der Waals surface area contributed by atoms with Crippen LogP contribution in [0.15, 0.2) is 210 Å². The molecule has 15 heteroatoms. The topological polar surface area (TPSA) is 149 Å². The molecule has 12 heterocycles. The highest BCUT2D eigenvalue weighted by molar-refractivity contribution is 9.10. The molecule has 1 atom stereocenters. The van der Waals surface area contributed by atoms with Crippen molar-refractivity contribution in [1.82, 2.24) is 53.3 Å². The fourth-order valence-electron chi connectivity index (χ4n) is 10.7. The summed E-state index contributed by atoms with van der Waals surface area (Å²) in [4.78, 5) is 27.9. The molecule has 79 heavy (non-hydrogen) atoms. The van der Waals surface area contributed by atoms with E-state index in [0.29, 0.717) is 11.6 Å². The number of rotatable bonds is 4. The Hall–Kier alpha value is -9.99. The lowest BCUT2D eigenvalue weighted by Crippen LogP contribution is -2.33. The second-order valence-electron chi connectivity index (χ2n) is 18.7. The zero-order valence-corrected chi connectivity index (χ0v) is 42.9. The summed E-state index contributed by atoms with van der Waals surface area (Å²) in [5.41, 5.74) is 14.4. The van der Waals surface area contributed by atoms with Crippen molar-refractivity contribution >= 4 is 110 Å². The lowest BCUT2D eigenvalue weighted by molar-refractivity contribution is 0.464. The average Bonchev–Trinajstić information content (AvgIpc) is 4.48. The van der Waals surface area contributed by atoms with Crippen molar-refractivity contribution in [1.29, 1.82) is 0 Å². The highest BCUT2D eigenvalue weighted by atomic mass is 79.9. The van der Waals surface area contributed by atoms with Crippen LogP contribution in [0.2, 0.25) is 0 Å². The van der Waals surface area contributed by atoms with Crippen LogP contribution in [0.3, 0.4) is 0 Å². The molecule has 0 saturated heterocycles. The SMILES string of the molecule is C.C.Cc1cc2c3nc(Br)ccc3c3ncccc3n2n1.Cc1cc2c3nc(Oc4cccc([N+]5=c6ccccc6=C6C=CC=NC65)c4)ccc3c3ncccc3n2n1.Oc1cccc(-n2c3ccccc3c3cccnc32)c1. The Kier molecular flexibility index (Phi) is 12.7. The standard InChI is InChI=1S/C31H21N6O.C17H12N2O.C14H9BrN4.2CH4/c1-19-17-27-30-24(29-26(37(27)35-19)12-6-15-32-29)13-14-28(34-30)38-21-8-4-7-20(18-21)36-25-11-3-2-9-22(25)23-10-5-16-33-31(23)36;20-13-6-3-5-12(11-13)19-16-9-2-1-7-14(16)15-8-4-10-18-17(15)19;1-8-7-11-14-9(4-5-12(15)17-14)13-10(19(11)18-8)3-2-6-16-13;;/h2-18,31H,1H3;1-11,20H;2-7H,1H3;2*1H4/q+1;;;;. The first kappa shape index (κ1) is 49.9. The van der Waals surface area contributed by atoms with Gasteiger partial charge in [-0.1, -0.05) is 57.3 Å². The Labute approximate surface area is 461 Å². The molecule has 0 aliphatic carbocycles. The number of nitrogens with zero attached hydrogens (tertiary/aromatic N) is 12. The minimum absolute atomic E-state index is 0. The van der Waals surface area contributed by atoms with E-state index in [4.69, 9.17) is 14.7 Å². The number of para-hydroxylation sites is 2. The van der Waals surface area contributed by atoms with E-state index in [-0.39, 0.29) is 26.8 Å². The Morgan fingerprint density at radius 3 is 1.96 bits per heavy atom. The minimum Gasteiger partial charge on any atom is -0.508 e. The summed E-state index contributed by atoms with van der Waals surface area (Å²) >= 11 is 3.43. The lowest BCUT2D eigenvalue weighted by atomic mass is 10.1. The maximum absolute atomic E-state index is 9.72. The number of aryl methyl sites for hydroxylation is 2. The van der Waals surface area contributed by atoms with E-state index in [9.17, 15) is 5.11 Å². The molecule has 0 spiro atoms. The van der Waals surface area contributed by atoms with Gasteiger partial charge in [-0.15, -0.1) is 0 Å². The summed E-state index contributed by atoms with van der Waals surface area (Å²) in [6.45, 7) is 3.97. The molecule has 2 aliphatic rings. The van der Waals surface area contributed by atoms with E-state index in [0.717, 1.165) is 104 Å². The number of aromatic hydroxyl groups is 1. The third kappa shape index (κ3) is 8.56. The molecule has 384 valence electrons. The van der Waals surface area contributed by atoms with Crippen molar-refractivity contribution in [2.45, 2.75) is 34.9 Å². The molecular weight excluding hydrogens is 1050 g/mol. The number of hydrogen-bond donors (Lipinski definition) is 1. The van der Waals surface area contributed by atoms with Crippen molar-refractivity contribution in [3.05, 3.63) is 227 Å². The highest BCUT2D eigenvalue weighted by Gasteiger charge is 2.34. The van der Waals surface area contributed by atoms with Gasteiger partial charge in [0.1, 0.15) is 27.3 Å². The third-order valence-electron chi connectivity index (χ3n) is 13.8. The van der Waals surface area contributed by atoms with E-state index in [2.05, 4.69) is 110 Å². The Balaban J connectivity index is 0.000000128. The van der Waals surface area contributed by atoms with Gasteiger partial charge in [0.2, 0.25) is 16.9 Å². The van der Waals surface area contributed by atoms with Gasteiger partial charge in [-0.05, 0) is 139 Å². The van der Waals surface area contributed by atoms with Crippen LogP contribution in [0.25, 0.3) is 88.1 Å². The number of aromatic nitrogens is 10. The van der Waals surface area contributed by atoms with E-state index in [1.807, 2.05) is 144 Å². The monoisotopic (exact) mass is 1100 g/mol. The Morgan fingerprint density at radius 2 is 1.20 bits per heavy atom. The van der Waals surface area contributed by atoms with Crippen LogP contribution in [-0.4, -0.2) is 66.2 Å². The first-order valence-electron chi connectivity index (χ1n) is 24.9. The molecule has 2 aliphatic heterocycles. The van der Waals surface area contributed by atoms with Gasteiger partial charge >= 0.3 is 0 Å². The van der Waals surface area contributed by atoms with Crippen molar-refractivity contribution in [3.8, 4) is 23.1 Å². The van der Waals surface area contributed by atoms with Gasteiger partial charge in [-0.3, -0.25) is 14.5 Å². The molecule has 0 amide bonds. The fourth-order valence-corrected chi connectivity index (χ4v) is 11.0.